The molecular formula is C17H18O4. The molecule has 0 unspecified atom stereocenters. The van der Waals surface area contributed by atoms with E-state index >= 15 is 0 Å². The van der Waals surface area contributed by atoms with E-state index in [2.05, 4.69) is 0 Å². The van der Waals surface area contributed by atoms with E-state index in [9.17, 15) is 0 Å². The quantitative estimate of drug-likeness (QED) is 0.846. The number of rotatable bonds is 5. The summed E-state index contributed by atoms with van der Waals surface area (Å²) in [5.74, 6) is 2.21. The van der Waals surface area contributed by atoms with Crippen molar-refractivity contribution in [1.82, 2.24) is 0 Å². The Balaban J connectivity index is 1.52. The highest BCUT2D eigenvalue weighted by molar-refractivity contribution is 5.46. The highest BCUT2D eigenvalue weighted by Crippen LogP contribution is 2.34. The summed E-state index contributed by atoms with van der Waals surface area (Å²) in [6.45, 7) is 1.56. The van der Waals surface area contributed by atoms with Crippen LogP contribution in [0.15, 0.2) is 48.5 Å². The minimum absolute atomic E-state index is 0.0883. The number of hydrogen-bond acceptors (Lipinski definition) is 4. The molecule has 4 nitrogen and oxygen atoms in total. The van der Waals surface area contributed by atoms with Crippen molar-refractivity contribution < 1.29 is 18.9 Å². The Kier molecular flexibility index (Phi) is 4.26. The first kappa shape index (κ1) is 13.8. The van der Waals surface area contributed by atoms with Gasteiger partial charge in [0.25, 0.3) is 0 Å². The third-order valence-corrected chi connectivity index (χ3v) is 3.28. The normalized spacial score (nSPS) is 16.5. The van der Waals surface area contributed by atoms with Crippen molar-refractivity contribution >= 4 is 0 Å². The Bertz CT molecular complexity index is 583. The lowest BCUT2D eigenvalue weighted by Crippen LogP contribution is -2.33. The molecule has 0 fully saturated rings. The van der Waals surface area contributed by atoms with Crippen LogP contribution >= 0.6 is 0 Å². The zero-order valence-corrected chi connectivity index (χ0v) is 12.0. The molecule has 1 heterocycles. The second-order valence-corrected chi connectivity index (χ2v) is 4.86. The summed E-state index contributed by atoms with van der Waals surface area (Å²) in [6, 6.07) is 15.6. The molecule has 0 bridgehead atoms. The average molecular weight is 286 g/mol. The van der Waals surface area contributed by atoms with E-state index in [0.29, 0.717) is 25.6 Å². The van der Waals surface area contributed by atoms with Gasteiger partial charge in [0, 0.05) is 6.07 Å². The molecule has 2 aromatic rings. The van der Waals surface area contributed by atoms with Crippen molar-refractivity contribution in [3.05, 3.63) is 54.1 Å². The predicted octanol–water partition coefficient (Wildman–Crippen LogP) is 3.05. The van der Waals surface area contributed by atoms with Gasteiger partial charge in [-0.3, -0.25) is 0 Å². The number of hydrogen-bond donors (Lipinski definition) is 0. The molecule has 1 atom stereocenters. The van der Waals surface area contributed by atoms with Crippen molar-refractivity contribution in [2.24, 2.45) is 0 Å². The van der Waals surface area contributed by atoms with Gasteiger partial charge < -0.3 is 18.9 Å². The molecule has 1 aliphatic rings. The summed E-state index contributed by atoms with van der Waals surface area (Å²) >= 11 is 0. The van der Waals surface area contributed by atoms with Crippen molar-refractivity contribution in [2.75, 3.05) is 20.3 Å². The standard InChI is InChI=1S/C17H18O4/c1-18-14-7-8-16-17(9-14)20-12-15(21-16)11-19-10-13-5-3-2-4-6-13/h2-9,15H,10-12H2,1H3/t15-/m0/s1. The fourth-order valence-electron chi connectivity index (χ4n) is 2.19. The number of ether oxygens (including phenoxy) is 4. The molecule has 4 heteroatoms. The van der Waals surface area contributed by atoms with E-state index in [1.807, 2.05) is 48.5 Å². The van der Waals surface area contributed by atoms with Gasteiger partial charge in [0.05, 0.1) is 20.3 Å². The Morgan fingerprint density at radius 1 is 1.10 bits per heavy atom. The van der Waals surface area contributed by atoms with Gasteiger partial charge in [-0.2, -0.15) is 0 Å². The van der Waals surface area contributed by atoms with Gasteiger partial charge in [0.15, 0.2) is 17.6 Å². The number of methoxy groups -OCH3 is 1. The third kappa shape index (κ3) is 3.47. The highest BCUT2D eigenvalue weighted by atomic mass is 16.6. The molecule has 21 heavy (non-hydrogen) atoms. The Labute approximate surface area is 124 Å². The SMILES string of the molecule is COc1ccc2c(c1)OC[C@H](COCc1ccccc1)O2. The minimum atomic E-state index is -0.0883. The molecule has 0 aliphatic carbocycles. The molecule has 0 N–H and O–H groups in total. The molecule has 110 valence electrons. The topological polar surface area (TPSA) is 36.9 Å². The molecule has 0 saturated carbocycles. The van der Waals surface area contributed by atoms with Crippen LogP contribution in [0.5, 0.6) is 17.2 Å². The van der Waals surface area contributed by atoms with Crippen LogP contribution in [0.2, 0.25) is 0 Å². The number of benzene rings is 2. The van der Waals surface area contributed by atoms with Gasteiger partial charge >= 0.3 is 0 Å². The van der Waals surface area contributed by atoms with Crippen LogP contribution in [0, 0.1) is 0 Å². The summed E-state index contributed by atoms with van der Waals surface area (Å²) < 4.78 is 22.4. The van der Waals surface area contributed by atoms with Crippen LogP contribution in [0.1, 0.15) is 5.56 Å². The Hall–Kier alpha value is -2.20. The van der Waals surface area contributed by atoms with E-state index in [1.54, 1.807) is 7.11 Å². The maximum atomic E-state index is 5.86. The highest BCUT2D eigenvalue weighted by Gasteiger charge is 2.21. The molecule has 0 radical (unpaired) electrons. The largest absolute Gasteiger partial charge is 0.497 e. The molecule has 0 spiro atoms. The third-order valence-electron chi connectivity index (χ3n) is 3.28. The summed E-state index contributed by atoms with van der Waals surface area (Å²) in [6.07, 6.45) is -0.0883. The van der Waals surface area contributed by atoms with Gasteiger partial charge in [0.1, 0.15) is 12.4 Å². The maximum Gasteiger partial charge on any atom is 0.165 e. The first-order valence-electron chi connectivity index (χ1n) is 6.94. The predicted molar refractivity (Wildman–Crippen MR) is 79.0 cm³/mol. The monoisotopic (exact) mass is 286 g/mol. The molecule has 0 amide bonds. The summed E-state index contributed by atoms with van der Waals surface area (Å²) in [4.78, 5) is 0. The van der Waals surface area contributed by atoms with Crippen LogP contribution in [0.25, 0.3) is 0 Å². The van der Waals surface area contributed by atoms with Gasteiger partial charge in [-0.1, -0.05) is 30.3 Å². The van der Waals surface area contributed by atoms with E-state index < -0.39 is 0 Å². The van der Waals surface area contributed by atoms with Crippen LogP contribution < -0.4 is 14.2 Å². The van der Waals surface area contributed by atoms with Gasteiger partial charge in [-0.15, -0.1) is 0 Å². The summed E-state index contributed by atoms with van der Waals surface area (Å²) in [5.41, 5.74) is 1.15. The van der Waals surface area contributed by atoms with E-state index in [1.165, 1.54) is 0 Å². The van der Waals surface area contributed by atoms with Crippen molar-refractivity contribution in [1.29, 1.82) is 0 Å². The molecule has 0 saturated heterocycles. The van der Waals surface area contributed by atoms with Crippen molar-refractivity contribution in [2.45, 2.75) is 12.7 Å². The smallest absolute Gasteiger partial charge is 0.165 e. The molecular weight excluding hydrogens is 268 g/mol. The fourth-order valence-corrected chi connectivity index (χ4v) is 2.19. The van der Waals surface area contributed by atoms with Crippen LogP contribution in [-0.2, 0) is 11.3 Å². The average Bonchev–Trinajstić information content (AvgIpc) is 2.55. The summed E-state index contributed by atoms with van der Waals surface area (Å²) in [7, 11) is 1.63. The summed E-state index contributed by atoms with van der Waals surface area (Å²) in [5, 5.41) is 0. The number of fused-ring (bicyclic) bond motifs is 1. The van der Waals surface area contributed by atoms with E-state index in [0.717, 1.165) is 17.1 Å². The Morgan fingerprint density at radius 2 is 1.95 bits per heavy atom. The second kappa shape index (κ2) is 6.50. The van der Waals surface area contributed by atoms with Gasteiger partial charge in [0.2, 0.25) is 0 Å². The first-order chi connectivity index (χ1) is 10.3. The van der Waals surface area contributed by atoms with Crippen molar-refractivity contribution in [3.63, 3.8) is 0 Å². The van der Waals surface area contributed by atoms with Crippen molar-refractivity contribution in [3.8, 4) is 17.2 Å². The first-order valence-corrected chi connectivity index (χ1v) is 6.94. The van der Waals surface area contributed by atoms with E-state index in [-0.39, 0.29) is 6.10 Å². The minimum Gasteiger partial charge on any atom is -0.497 e. The fraction of sp³-hybridized carbons (Fsp3) is 0.294. The lowest BCUT2D eigenvalue weighted by atomic mass is 10.2. The van der Waals surface area contributed by atoms with Gasteiger partial charge in [-0.05, 0) is 17.7 Å². The lowest BCUT2D eigenvalue weighted by molar-refractivity contribution is 0.00261. The maximum absolute atomic E-state index is 5.86. The Morgan fingerprint density at radius 3 is 2.76 bits per heavy atom. The van der Waals surface area contributed by atoms with Crippen LogP contribution in [-0.4, -0.2) is 26.4 Å². The van der Waals surface area contributed by atoms with E-state index in [4.69, 9.17) is 18.9 Å². The zero-order chi connectivity index (χ0) is 14.5. The molecule has 0 aromatic heterocycles. The van der Waals surface area contributed by atoms with Crippen LogP contribution in [0.3, 0.4) is 0 Å². The molecule has 2 aromatic carbocycles. The zero-order valence-electron chi connectivity index (χ0n) is 12.0. The molecule has 1 aliphatic heterocycles. The molecule has 3 rings (SSSR count). The lowest BCUT2D eigenvalue weighted by Gasteiger charge is -2.26. The van der Waals surface area contributed by atoms with Gasteiger partial charge in [-0.25, -0.2) is 0 Å². The second-order valence-electron chi connectivity index (χ2n) is 4.86. The van der Waals surface area contributed by atoms with Crippen LogP contribution in [0.4, 0.5) is 0 Å².